The van der Waals surface area contributed by atoms with Gasteiger partial charge in [0.15, 0.2) is 0 Å². The van der Waals surface area contributed by atoms with Crippen molar-refractivity contribution in [3.8, 4) is 0 Å². The molecule has 0 unspecified atom stereocenters. The zero-order chi connectivity index (χ0) is 9.52. The molecule has 0 N–H and O–H groups in total. The van der Waals surface area contributed by atoms with Crippen LogP contribution in [0.3, 0.4) is 0 Å². The first kappa shape index (κ1) is 9.78. The van der Waals surface area contributed by atoms with Gasteiger partial charge >= 0.3 is 0 Å². The largest absolute Gasteiger partial charge is 0.498 e. The summed E-state index contributed by atoms with van der Waals surface area (Å²) in [6.45, 7) is 1.62. The van der Waals surface area contributed by atoms with Crippen molar-refractivity contribution in [3.63, 3.8) is 0 Å². The van der Waals surface area contributed by atoms with Crippen molar-refractivity contribution >= 4 is 5.57 Å². The van der Waals surface area contributed by atoms with E-state index in [1.807, 2.05) is 37.3 Å². The standard InChI is InChI=1S/C11H13FO/c1-10(9-13-8-7-12)11-5-3-2-4-6-11/h2-6,9H,7-8H2,1H3/b10-9-. The average Bonchev–Trinajstić information content (AvgIpc) is 2.19. The van der Waals surface area contributed by atoms with Gasteiger partial charge in [0.1, 0.15) is 13.3 Å². The average molecular weight is 180 g/mol. The van der Waals surface area contributed by atoms with Crippen LogP contribution in [0, 0.1) is 0 Å². The van der Waals surface area contributed by atoms with Gasteiger partial charge in [-0.2, -0.15) is 0 Å². The van der Waals surface area contributed by atoms with Crippen LogP contribution in [0.25, 0.3) is 5.57 Å². The molecule has 0 heterocycles. The van der Waals surface area contributed by atoms with Crippen LogP contribution in [0.2, 0.25) is 0 Å². The summed E-state index contributed by atoms with van der Waals surface area (Å²) in [4.78, 5) is 0. The molecule has 0 saturated carbocycles. The Morgan fingerprint density at radius 1 is 1.38 bits per heavy atom. The minimum Gasteiger partial charge on any atom is -0.498 e. The number of benzene rings is 1. The van der Waals surface area contributed by atoms with Crippen molar-refractivity contribution in [2.45, 2.75) is 6.92 Å². The summed E-state index contributed by atoms with van der Waals surface area (Å²) in [5.74, 6) is 0. The summed E-state index contributed by atoms with van der Waals surface area (Å²) < 4.78 is 16.7. The lowest BCUT2D eigenvalue weighted by molar-refractivity contribution is 0.219. The maximum Gasteiger partial charge on any atom is 0.123 e. The van der Waals surface area contributed by atoms with Crippen LogP contribution in [-0.2, 0) is 4.74 Å². The van der Waals surface area contributed by atoms with E-state index in [-0.39, 0.29) is 6.61 Å². The minimum absolute atomic E-state index is 0.129. The van der Waals surface area contributed by atoms with Crippen LogP contribution in [-0.4, -0.2) is 13.3 Å². The molecular weight excluding hydrogens is 167 g/mol. The zero-order valence-electron chi connectivity index (χ0n) is 7.66. The van der Waals surface area contributed by atoms with Crippen LogP contribution in [0.15, 0.2) is 36.6 Å². The van der Waals surface area contributed by atoms with E-state index in [0.29, 0.717) is 0 Å². The summed E-state index contributed by atoms with van der Waals surface area (Å²) in [6.07, 6.45) is 1.59. The molecule has 0 aliphatic rings. The van der Waals surface area contributed by atoms with Crippen LogP contribution in [0.4, 0.5) is 4.39 Å². The quantitative estimate of drug-likeness (QED) is 0.511. The molecule has 1 aromatic carbocycles. The molecule has 1 aromatic rings. The molecule has 70 valence electrons. The van der Waals surface area contributed by atoms with Gasteiger partial charge < -0.3 is 4.74 Å². The van der Waals surface area contributed by atoms with E-state index < -0.39 is 6.67 Å². The Kier molecular flexibility index (Phi) is 4.03. The van der Waals surface area contributed by atoms with Gasteiger partial charge in [0, 0.05) is 0 Å². The third kappa shape index (κ3) is 3.28. The van der Waals surface area contributed by atoms with E-state index in [2.05, 4.69) is 0 Å². The van der Waals surface area contributed by atoms with E-state index in [1.165, 1.54) is 0 Å². The Morgan fingerprint density at radius 2 is 2.08 bits per heavy atom. The van der Waals surface area contributed by atoms with Gasteiger partial charge in [-0.05, 0) is 18.1 Å². The van der Waals surface area contributed by atoms with Crippen molar-refractivity contribution < 1.29 is 9.13 Å². The summed E-state index contributed by atoms with van der Waals surface area (Å²) in [6, 6.07) is 9.86. The van der Waals surface area contributed by atoms with Gasteiger partial charge in [-0.25, -0.2) is 4.39 Å². The second kappa shape index (κ2) is 5.36. The molecule has 0 aromatic heterocycles. The number of alkyl halides is 1. The zero-order valence-corrected chi connectivity index (χ0v) is 7.66. The van der Waals surface area contributed by atoms with Crippen LogP contribution in [0.5, 0.6) is 0 Å². The number of ether oxygens (including phenoxy) is 1. The second-order valence-electron chi connectivity index (χ2n) is 2.73. The smallest absolute Gasteiger partial charge is 0.123 e. The number of rotatable bonds is 4. The molecule has 0 atom stereocenters. The van der Waals surface area contributed by atoms with Crippen molar-refractivity contribution in [2.24, 2.45) is 0 Å². The Bertz CT molecular complexity index is 267. The Balaban J connectivity index is 2.57. The van der Waals surface area contributed by atoms with E-state index in [9.17, 15) is 4.39 Å². The molecule has 2 heteroatoms. The van der Waals surface area contributed by atoms with Crippen molar-refractivity contribution in [2.75, 3.05) is 13.3 Å². The first-order valence-electron chi connectivity index (χ1n) is 4.24. The Morgan fingerprint density at radius 3 is 2.69 bits per heavy atom. The normalized spacial score (nSPS) is 11.4. The first-order chi connectivity index (χ1) is 6.34. The molecule has 1 nitrogen and oxygen atoms in total. The molecule has 0 radical (unpaired) electrons. The third-order valence-corrected chi connectivity index (χ3v) is 1.68. The van der Waals surface area contributed by atoms with Crippen molar-refractivity contribution in [1.82, 2.24) is 0 Å². The van der Waals surface area contributed by atoms with Crippen LogP contribution in [0.1, 0.15) is 12.5 Å². The Labute approximate surface area is 77.8 Å². The molecular formula is C11H13FO. The summed E-state index contributed by atoms with van der Waals surface area (Å²) in [5, 5.41) is 0. The van der Waals surface area contributed by atoms with Gasteiger partial charge in [-0.15, -0.1) is 0 Å². The maximum absolute atomic E-state index is 11.7. The van der Waals surface area contributed by atoms with Crippen LogP contribution >= 0.6 is 0 Å². The molecule has 0 fully saturated rings. The van der Waals surface area contributed by atoms with Gasteiger partial charge in [0.25, 0.3) is 0 Å². The molecule has 0 spiro atoms. The van der Waals surface area contributed by atoms with E-state index in [0.717, 1.165) is 11.1 Å². The lowest BCUT2D eigenvalue weighted by Crippen LogP contribution is -1.89. The lowest BCUT2D eigenvalue weighted by Gasteiger charge is -2.01. The lowest BCUT2D eigenvalue weighted by atomic mass is 10.1. The first-order valence-corrected chi connectivity index (χ1v) is 4.24. The predicted octanol–water partition coefficient (Wildman–Crippen LogP) is 3.03. The highest BCUT2D eigenvalue weighted by atomic mass is 19.1. The Hall–Kier alpha value is -1.31. The number of hydrogen-bond acceptors (Lipinski definition) is 1. The van der Waals surface area contributed by atoms with Crippen molar-refractivity contribution in [3.05, 3.63) is 42.2 Å². The maximum atomic E-state index is 11.7. The highest BCUT2D eigenvalue weighted by molar-refractivity contribution is 5.62. The highest BCUT2D eigenvalue weighted by Crippen LogP contribution is 2.12. The van der Waals surface area contributed by atoms with E-state index in [4.69, 9.17) is 4.74 Å². The molecule has 1 rings (SSSR count). The number of hydrogen-bond donors (Lipinski definition) is 0. The van der Waals surface area contributed by atoms with Gasteiger partial charge in [0.05, 0.1) is 6.26 Å². The second-order valence-corrected chi connectivity index (χ2v) is 2.73. The van der Waals surface area contributed by atoms with Gasteiger partial charge in [-0.1, -0.05) is 30.3 Å². The minimum atomic E-state index is -0.446. The topological polar surface area (TPSA) is 9.23 Å². The molecule has 0 saturated heterocycles. The molecule has 0 bridgehead atoms. The molecule has 13 heavy (non-hydrogen) atoms. The SMILES string of the molecule is C/C(=C/OCCF)c1ccccc1. The fraction of sp³-hybridized carbons (Fsp3) is 0.273. The van der Waals surface area contributed by atoms with Crippen LogP contribution < -0.4 is 0 Å². The number of allylic oxidation sites excluding steroid dienone is 1. The summed E-state index contributed by atoms with van der Waals surface area (Å²) in [5.41, 5.74) is 2.11. The van der Waals surface area contributed by atoms with Crippen molar-refractivity contribution in [1.29, 1.82) is 0 Å². The fourth-order valence-corrected chi connectivity index (χ4v) is 0.998. The molecule has 0 aliphatic carbocycles. The van der Waals surface area contributed by atoms with E-state index in [1.54, 1.807) is 6.26 Å². The highest BCUT2D eigenvalue weighted by Gasteiger charge is 1.92. The summed E-state index contributed by atoms with van der Waals surface area (Å²) >= 11 is 0. The molecule has 0 amide bonds. The van der Waals surface area contributed by atoms with E-state index >= 15 is 0 Å². The predicted molar refractivity (Wildman–Crippen MR) is 52.0 cm³/mol. The fourth-order valence-electron chi connectivity index (χ4n) is 0.998. The van der Waals surface area contributed by atoms with Gasteiger partial charge in [-0.3, -0.25) is 0 Å². The third-order valence-electron chi connectivity index (χ3n) is 1.68. The monoisotopic (exact) mass is 180 g/mol. The molecule has 0 aliphatic heterocycles. The van der Waals surface area contributed by atoms with Gasteiger partial charge in [0.2, 0.25) is 0 Å². The summed E-state index contributed by atoms with van der Waals surface area (Å²) in [7, 11) is 0. The number of halogens is 1.